The van der Waals surface area contributed by atoms with Gasteiger partial charge in [-0.05, 0) is 135 Å². The molecule has 2 aliphatic rings. The van der Waals surface area contributed by atoms with Gasteiger partial charge in [-0.3, -0.25) is 0 Å². The van der Waals surface area contributed by atoms with E-state index < -0.39 is 11.2 Å². The predicted octanol–water partition coefficient (Wildman–Crippen LogP) is 7.80. The third-order valence-corrected chi connectivity index (χ3v) is 10.0. The van der Waals surface area contributed by atoms with Gasteiger partial charge in [-0.1, -0.05) is 20.3 Å². The first-order valence-electron chi connectivity index (χ1n) is 14.2. The molecular formula is C29H47I3N6O4. The van der Waals surface area contributed by atoms with E-state index >= 15 is 0 Å². The summed E-state index contributed by atoms with van der Waals surface area (Å²) < 4.78 is 18.1. The maximum Gasteiger partial charge on any atom is 0.407 e. The third kappa shape index (κ3) is 11.9. The molecule has 13 heteroatoms. The maximum atomic E-state index is 11.7. The van der Waals surface area contributed by atoms with Crippen molar-refractivity contribution in [3.63, 3.8) is 0 Å². The lowest BCUT2D eigenvalue weighted by molar-refractivity contribution is 0.0514. The van der Waals surface area contributed by atoms with Crippen LogP contribution in [0.15, 0.2) is 6.20 Å². The number of halogens is 3. The van der Waals surface area contributed by atoms with Crippen LogP contribution in [0.5, 0.6) is 0 Å². The lowest BCUT2D eigenvalue weighted by Gasteiger charge is -2.26. The number of rotatable bonds is 8. The van der Waals surface area contributed by atoms with Gasteiger partial charge in [0.05, 0.1) is 0 Å². The molecule has 0 aromatic carbocycles. The van der Waals surface area contributed by atoms with Crippen LogP contribution in [0.1, 0.15) is 111 Å². The van der Waals surface area contributed by atoms with Gasteiger partial charge in [0.15, 0.2) is 0 Å². The summed E-state index contributed by atoms with van der Waals surface area (Å²) in [6.45, 7) is 13.8. The fraction of sp³-hybridized carbons (Fsp3) is 0.724. The SMILES string of the molecule is C.CC(C)(C)OC(=O)NCCn1c(C2CCC2)nc(I)c1I.CC(C)(C)OC(=O)NCCn1cc(I)nc1C1CCC1. The van der Waals surface area contributed by atoms with Crippen LogP contribution in [-0.2, 0) is 22.6 Å². The number of hydrogen-bond acceptors (Lipinski definition) is 6. The van der Waals surface area contributed by atoms with E-state index in [-0.39, 0.29) is 19.6 Å². The van der Waals surface area contributed by atoms with Crippen LogP contribution in [0.4, 0.5) is 9.59 Å². The second-order valence-corrected chi connectivity index (χ2v) is 15.6. The summed E-state index contributed by atoms with van der Waals surface area (Å²) in [6, 6.07) is 0. The van der Waals surface area contributed by atoms with Crippen LogP contribution in [0, 0.1) is 11.1 Å². The van der Waals surface area contributed by atoms with E-state index in [2.05, 4.69) is 97.5 Å². The highest BCUT2D eigenvalue weighted by molar-refractivity contribution is 14.1. The van der Waals surface area contributed by atoms with Crippen molar-refractivity contribution in [1.29, 1.82) is 0 Å². The van der Waals surface area contributed by atoms with E-state index in [1.54, 1.807) is 0 Å². The Balaban J connectivity index is 0.000000287. The average molecular weight is 924 g/mol. The van der Waals surface area contributed by atoms with E-state index in [0.29, 0.717) is 24.9 Å². The lowest BCUT2D eigenvalue weighted by atomic mass is 9.85. The average Bonchev–Trinajstić information content (AvgIpc) is 3.23. The van der Waals surface area contributed by atoms with Crippen molar-refractivity contribution >= 4 is 80.0 Å². The van der Waals surface area contributed by atoms with Crippen molar-refractivity contribution in [2.24, 2.45) is 0 Å². The molecule has 2 heterocycles. The van der Waals surface area contributed by atoms with Gasteiger partial charge in [-0.2, -0.15) is 0 Å². The summed E-state index contributed by atoms with van der Waals surface area (Å²) in [4.78, 5) is 32.5. The summed E-state index contributed by atoms with van der Waals surface area (Å²) in [5.41, 5.74) is -0.911. The van der Waals surface area contributed by atoms with Crippen LogP contribution >= 0.6 is 67.8 Å². The second kappa shape index (κ2) is 16.5. The minimum Gasteiger partial charge on any atom is -0.444 e. The predicted molar refractivity (Wildman–Crippen MR) is 191 cm³/mol. The Labute approximate surface area is 292 Å². The second-order valence-electron chi connectivity index (χ2n) is 12.4. The summed E-state index contributed by atoms with van der Waals surface area (Å²) in [5, 5.41) is 5.60. The highest BCUT2D eigenvalue weighted by Gasteiger charge is 2.27. The van der Waals surface area contributed by atoms with Crippen LogP contribution in [0.3, 0.4) is 0 Å². The summed E-state index contributed by atoms with van der Waals surface area (Å²) in [5.74, 6) is 3.51. The number of alkyl carbamates (subject to hydrolysis) is 2. The fourth-order valence-electron chi connectivity index (χ4n) is 4.35. The van der Waals surface area contributed by atoms with Crippen molar-refractivity contribution in [2.45, 2.75) is 124 Å². The number of carbonyl (C=O) groups is 2. The number of imidazole rings is 2. The Morgan fingerprint density at radius 3 is 1.76 bits per heavy atom. The minimum atomic E-state index is -0.458. The fourth-order valence-corrected chi connectivity index (χ4v) is 6.09. The molecule has 42 heavy (non-hydrogen) atoms. The van der Waals surface area contributed by atoms with Gasteiger partial charge in [0, 0.05) is 44.2 Å². The Kier molecular flexibility index (Phi) is 14.6. The Morgan fingerprint density at radius 2 is 1.31 bits per heavy atom. The monoisotopic (exact) mass is 924 g/mol. The molecule has 2 saturated carbocycles. The summed E-state index contributed by atoms with van der Waals surface area (Å²) in [6.07, 6.45) is 8.82. The quantitative estimate of drug-likeness (QED) is 0.262. The van der Waals surface area contributed by atoms with Crippen molar-refractivity contribution in [2.75, 3.05) is 13.1 Å². The van der Waals surface area contributed by atoms with E-state index in [1.807, 2.05) is 47.7 Å². The molecule has 0 atom stereocenters. The molecule has 2 N–H and O–H groups in total. The third-order valence-electron chi connectivity index (χ3n) is 6.64. The van der Waals surface area contributed by atoms with Gasteiger partial charge in [0.2, 0.25) is 0 Å². The van der Waals surface area contributed by atoms with Gasteiger partial charge in [-0.15, -0.1) is 0 Å². The van der Waals surface area contributed by atoms with Crippen molar-refractivity contribution in [1.82, 2.24) is 29.7 Å². The molecule has 2 amide bonds. The number of carbonyl (C=O) groups excluding carboxylic acids is 2. The first-order valence-corrected chi connectivity index (χ1v) is 17.4. The number of nitrogens with one attached hydrogen (secondary N) is 2. The molecule has 2 aliphatic carbocycles. The molecule has 238 valence electrons. The molecule has 0 unspecified atom stereocenters. The number of nitrogens with zero attached hydrogens (tertiary/aromatic N) is 4. The van der Waals surface area contributed by atoms with Crippen LogP contribution in [0.2, 0.25) is 0 Å². The van der Waals surface area contributed by atoms with Crippen LogP contribution < -0.4 is 10.6 Å². The molecule has 10 nitrogen and oxygen atoms in total. The minimum absolute atomic E-state index is 0. The van der Waals surface area contributed by atoms with Crippen LogP contribution in [-0.4, -0.2) is 55.6 Å². The largest absolute Gasteiger partial charge is 0.444 e. The standard InChI is InChI=1S/C14H21I2N3O2.C14H22IN3O2.CH4/c1-14(2,3)21-13(20)17-7-8-19-11(16)10(15)18-12(19)9-5-4-6-9;1-14(2,3)20-13(19)16-7-8-18-9-11(15)17-12(18)10-5-4-6-10;/h9H,4-8H2,1-3H3,(H,17,20);9-10H,4-8H2,1-3H3,(H,16,19);1H4. The summed E-state index contributed by atoms with van der Waals surface area (Å²) in [7, 11) is 0. The molecular weight excluding hydrogens is 877 g/mol. The van der Waals surface area contributed by atoms with Gasteiger partial charge in [0.25, 0.3) is 0 Å². The van der Waals surface area contributed by atoms with Crippen molar-refractivity contribution in [3.8, 4) is 0 Å². The van der Waals surface area contributed by atoms with Crippen molar-refractivity contribution in [3.05, 3.63) is 28.9 Å². The molecule has 4 rings (SSSR count). The van der Waals surface area contributed by atoms with Gasteiger partial charge in [-0.25, -0.2) is 19.6 Å². The smallest absolute Gasteiger partial charge is 0.407 e. The zero-order chi connectivity index (χ0) is 30.4. The van der Waals surface area contributed by atoms with E-state index in [4.69, 9.17) is 9.47 Å². The lowest BCUT2D eigenvalue weighted by Crippen LogP contribution is -2.34. The highest BCUT2D eigenvalue weighted by Crippen LogP contribution is 2.37. The Bertz CT molecular complexity index is 1180. The molecule has 0 radical (unpaired) electrons. The van der Waals surface area contributed by atoms with Gasteiger partial charge >= 0.3 is 12.2 Å². The molecule has 2 fully saturated rings. The van der Waals surface area contributed by atoms with Crippen molar-refractivity contribution < 1.29 is 19.1 Å². The van der Waals surface area contributed by atoms with Gasteiger partial charge < -0.3 is 29.2 Å². The molecule has 2 aromatic heterocycles. The molecule has 0 bridgehead atoms. The zero-order valence-corrected chi connectivity index (χ0v) is 31.3. The van der Waals surface area contributed by atoms with E-state index in [9.17, 15) is 9.59 Å². The Hall–Kier alpha value is -0.850. The molecule has 2 aromatic rings. The number of hydrogen-bond donors (Lipinski definition) is 2. The topological polar surface area (TPSA) is 112 Å². The zero-order valence-electron chi connectivity index (χ0n) is 24.9. The maximum absolute atomic E-state index is 11.7. The number of ether oxygens (including phenoxy) is 2. The molecule has 0 saturated heterocycles. The molecule has 0 spiro atoms. The summed E-state index contributed by atoms with van der Waals surface area (Å²) >= 11 is 6.84. The number of aromatic nitrogens is 4. The first-order chi connectivity index (χ1) is 19.1. The normalized spacial score (nSPS) is 15.4. The highest BCUT2D eigenvalue weighted by atomic mass is 127. The number of amides is 2. The van der Waals surface area contributed by atoms with Crippen LogP contribution in [0.25, 0.3) is 0 Å². The first kappa shape index (κ1) is 37.3. The van der Waals surface area contributed by atoms with E-state index in [1.165, 1.54) is 44.3 Å². The Morgan fingerprint density at radius 1 is 0.833 bits per heavy atom. The van der Waals surface area contributed by atoms with Gasteiger partial charge in [0.1, 0.15) is 34.0 Å². The molecule has 0 aliphatic heterocycles. The van der Waals surface area contributed by atoms with E-state index in [0.717, 1.165) is 30.0 Å².